The third-order valence-corrected chi connectivity index (χ3v) is 4.48. The number of hydrogen-bond donors (Lipinski definition) is 1. The molecule has 0 spiro atoms. The second-order valence-electron chi connectivity index (χ2n) is 5.82. The van der Waals surface area contributed by atoms with Gasteiger partial charge >= 0.3 is 6.03 Å². The summed E-state index contributed by atoms with van der Waals surface area (Å²) in [5.74, 6) is -0.915. The molecule has 2 amide bonds. The summed E-state index contributed by atoms with van der Waals surface area (Å²) in [6.07, 6.45) is 0. The molecule has 5 nitrogen and oxygen atoms in total. The summed E-state index contributed by atoms with van der Waals surface area (Å²) in [6, 6.07) is 8.26. The fourth-order valence-corrected chi connectivity index (χ4v) is 3.03. The Morgan fingerprint density at radius 3 is 2.38 bits per heavy atom. The van der Waals surface area contributed by atoms with E-state index in [-0.39, 0.29) is 0 Å². The Morgan fingerprint density at radius 1 is 1.12 bits per heavy atom. The lowest BCUT2D eigenvalue weighted by atomic mass is 10.2. The number of benzene rings is 2. The summed E-state index contributed by atoms with van der Waals surface area (Å²) in [5.41, 5.74) is 0.414. The van der Waals surface area contributed by atoms with E-state index < -0.39 is 23.4 Å². The first-order chi connectivity index (χ1) is 12.5. The molecule has 26 heavy (non-hydrogen) atoms. The lowest BCUT2D eigenvalue weighted by molar-refractivity contribution is 0.208. The first-order valence-electron chi connectivity index (χ1n) is 8.08. The molecule has 8 heteroatoms. The van der Waals surface area contributed by atoms with Crippen molar-refractivity contribution in [1.82, 2.24) is 4.90 Å². The number of urea groups is 1. The molecule has 1 saturated heterocycles. The van der Waals surface area contributed by atoms with E-state index in [1.165, 1.54) is 11.0 Å². The van der Waals surface area contributed by atoms with E-state index in [2.05, 4.69) is 10.2 Å². The van der Waals surface area contributed by atoms with Crippen LogP contribution in [-0.2, 0) is 0 Å². The summed E-state index contributed by atoms with van der Waals surface area (Å²) in [4.78, 5) is 15.9. The molecule has 0 unspecified atom stereocenters. The molecule has 0 atom stereocenters. The van der Waals surface area contributed by atoms with Crippen molar-refractivity contribution in [2.75, 3.05) is 43.5 Å². The van der Waals surface area contributed by atoms with Crippen molar-refractivity contribution in [3.05, 3.63) is 53.1 Å². The Bertz CT molecular complexity index is 791. The van der Waals surface area contributed by atoms with Gasteiger partial charge in [0.2, 0.25) is 0 Å². The van der Waals surface area contributed by atoms with Gasteiger partial charge in [-0.15, -0.1) is 0 Å². The number of para-hydroxylation sites is 1. The molecule has 1 heterocycles. The molecule has 0 saturated carbocycles. The molecule has 0 aliphatic carbocycles. The van der Waals surface area contributed by atoms with Gasteiger partial charge in [-0.2, -0.15) is 0 Å². The van der Waals surface area contributed by atoms with Crippen LogP contribution in [0.3, 0.4) is 0 Å². The Kier molecular flexibility index (Phi) is 5.46. The van der Waals surface area contributed by atoms with Gasteiger partial charge in [-0.1, -0.05) is 17.7 Å². The number of piperazine rings is 1. The zero-order valence-corrected chi connectivity index (χ0v) is 14.9. The number of rotatable bonds is 3. The van der Waals surface area contributed by atoms with Crippen molar-refractivity contribution >= 4 is 29.0 Å². The first-order valence-corrected chi connectivity index (χ1v) is 8.46. The van der Waals surface area contributed by atoms with Crippen LogP contribution in [0.4, 0.5) is 25.0 Å². The zero-order chi connectivity index (χ0) is 18.7. The number of carbonyl (C=O) groups excluding carboxylic acids is 1. The van der Waals surface area contributed by atoms with Crippen LogP contribution < -0.4 is 15.0 Å². The predicted octanol–water partition coefficient (Wildman–Crippen LogP) is 3.98. The first kappa shape index (κ1) is 18.3. The molecule has 0 bridgehead atoms. The smallest absolute Gasteiger partial charge is 0.322 e. The molecule has 0 radical (unpaired) electrons. The maximum atomic E-state index is 13.7. The van der Waals surface area contributed by atoms with Gasteiger partial charge in [-0.05, 0) is 30.3 Å². The van der Waals surface area contributed by atoms with Gasteiger partial charge in [0.1, 0.15) is 23.1 Å². The summed E-state index contributed by atoms with van der Waals surface area (Å²) >= 11 is 6.06. The molecule has 1 N–H and O–H groups in total. The zero-order valence-electron chi connectivity index (χ0n) is 14.1. The highest BCUT2D eigenvalue weighted by molar-refractivity contribution is 6.30. The molecular formula is C18H18ClF2N3O2. The van der Waals surface area contributed by atoms with Crippen LogP contribution in [0.2, 0.25) is 5.02 Å². The van der Waals surface area contributed by atoms with Gasteiger partial charge in [0, 0.05) is 31.2 Å². The number of nitrogens with zero attached hydrogens (tertiary/aromatic N) is 2. The number of nitrogens with one attached hydrogen (secondary N) is 1. The van der Waals surface area contributed by atoms with E-state index in [1.54, 1.807) is 19.2 Å². The van der Waals surface area contributed by atoms with Crippen molar-refractivity contribution in [2.45, 2.75) is 0 Å². The van der Waals surface area contributed by atoms with Crippen molar-refractivity contribution in [3.8, 4) is 5.75 Å². The van der Waals surface area contributed by atoms with Gasteiger partial charge in [0.05, 0.1) is 12.8 Å². The number of carbonyl (C=O) groups is 1. The van der Waals surface area contributed by atoms with Crippen LogP contribution in [0, 0.1) is 11.6 Å². The second kappa shape index (κ2) is 7.78. The molecule has 2 aromatic rings. The summed E-state index contributed by atoms with van der Waals surface area (Å²) < 4.78 is 32.7. The van der Waals surface area contributed by atoms with Gasteiger partial charge in [0.25, 0.3) is 0 Å². The van der Waals surface area contributed by atoms with Crippen LogP contribution in [0.25, 0.3) is 0 Å². The monoisotopic (exact) mass is 381 g/mol. The second-order valence-corrected chi connectivity index (χ2v) is 6.25. The molecule has 1 aliphatic rings. The minimum absolute atomic E-state index is 0.400. The topological polar surface area (TPSA) is 44.8 Å². The van der Waals surface area contributed by atoms with E-state index in [0.29, 0.717) is 37.0 Å². The highest BCUT2D eigenvalue weighted by atomic mass is 35.5. The van der Waals surface area contributed by atoms with E-state index in [9.17, 15) is 13.6 Å². The summed E-state index contributed by atoms with van der Waals surface area (Å²) in [6.45, 7) is 1.89. The van der Waals surface area contributed by atoms with E-state index >= 15 is 0 Å². The molecule has 2 aromatic carbocycles. The Morgan fingerprint density at radius 2 is 1.77 bits per heavy atom. The summed E-state index contributed by atoms with van der Waals surface area (Å²) in [5, 5.41) is 2.90. The highest BCUT2D eigenvalue weighted by Crippen LogP contribution is 2.32. The van der Waals surface area contributed by atoms with Crippen LogP contribution in [0.5, 0.6) is 5.75 Å². The number of amides is 2. The van der Waals surface area contributed by atoms with Gasteiger partial charge in [-0.3, -0.25) is 0 Å². The Balaban J connectivity index is 1.65. The molecule has 1 aliphatic heterocycles. The minimum Gasteiger partial charge on any atom is -0.495 e. The van der Waals surface area contributed by atoms with Crippen LogP contribution in [0.15, 0.2) is 36.4 Å². The number of halogens is 3. The predicted molar refractivity (Wildman–Crippen MR) is 97.2 cm³/mol. The van der Waals surface area contributed by atoms with Crippen LogP contribution in [0.1, 0.15) is 0 Å². The fraction of sp³-hybridized carbons (Fsp3) is 0.278. The quantitative estimate of drug-likeness (QED) is 0.874. The third-order valence-electron chi connectivity index (χ3n) is 4.24. The maximum absolute atomic E-state index is 13.7. The number of ether oxygens (including phenoxy) is 1. The van der Waals surface area contributed by atoms with Crippen LogP contribution in [-0.4, -0.2) is 44.2 Å². The van der Waals surface area contributed by atoms with Crippen molar-refractivity contribution < 1.29 is 18.3 Å². The number of hydrogen-bond acceptors (Lipinski definition) is 3. The van der Waals surface area contributed by atoms with Gasteiger partial charge in [-0.25, -0.2) is 13.6 Å². The largest absolute Gasteiger partial charge is 0.495 e. The third kappa shape index (κ3) is 3.83. The Labute approximate surface area is 155 Å². The Hall–Kier alpha value is -2.54. The van der Waals surface area contributed by atoms with E-state index in [1.807, 2.05) is 6.07 Å². The van der Waals surface area contributed by atoms with Crippen LogP contribution >= 0.6 is 11.6 Å². The maximum Gasteiger partial charge on any atom is 0.322 e. The van der Waals surface area contributed by atoms with Gasteiger partial charge in [0.15, 0.2) is 0 Å². The van der Waals surface area contributed by atoms with Crippen molar-refractivity contribution in [2.24, 2.45) is 0 Å². The molecule has 0 aromatic heterocycles. The average molecular weight is 382 g/mol. The highest BCUT2D eigenvalue weighted by Gasteiger charge is 2.24. The lowest BCUT2D eigenvalue weighted by Gasteiger charge is -2.36. The number of methoxy groups -OCH3 is 1. The standard InChI is InChI=1S/C18H18ClF2N3O2/c1-26-16-6-5-12(19)11-15(16)23-7-9-24(10-8-23)18(25)22-17-13(20)3-2-4-14(17)21/h2-6,11H,7-10H2,1H3,(H,22,25). The van der Waals surface area contributed by atoms with E-state index in [4.69, 9.17) is 16.3 Å². The average Bonchev–Trinajstić information content (AvgIpc) is 2.65. The normalized spacial score (nSPS) is 14.3. The number of anilines is 2. The van der Waals surface area contributed by atoms with Crippen molar-refractivity contribution in [1.29, 1.82) is 0 Å². The van der Waals surface area contributed by atoms with E-state index in [0.717, 1.165) is 17.8 Å². The molecule has 3 rings (SSSR count). The summed E-state index contributed by atoms with van der Waals surface area (Å²) in [7, 11) is 1.58. The van der Waals surface area contributed by atoms with Gasteiger partial charge < -0.3 is 19.9 Å². The molecule has 1 fully saturated rings. The van der Waals surface area contributed by atoms with Crippen molar-refractivity contribution in [3.63, 3.8) is 0 Å². The molecular weight excluding hydrogens is 364 g/mol. The molecule has 138 valence electrons. The fourth-order valence-electron chi connectivity index (χ4n) is 2.86. The SMILES string of the molecule is COc1ccc(Cl)cc1N1CCN(C(=O)Nc2c(F)cccc2F)CC1. The lowest BCUT2D eigenvalue weighted by Crippen LogP contribution is -2.50. The minimum atomic E-state index is -0.805.